The molecule has 0 N–H and O–H groups in total. The molecule has 8 heteroatoms. The van der Waals surface area contributed by atoms with E-state index in [1.807, 2.05) is 0 Å². The van der Waals surface area contributed by atoms with E-state index in [4.69, 9.17) is 4.74 Å². The summed E-state index contributed by atoms with van der Waals surface area (Å²) >= 11 is 3.26. The third-order valence-electron chi connectivity index (χ3n) is 3.49. The Morgan fingerprint density at radius 3 is 2.52 bits per heavy atom. The second-order valence-corrected chi connectivity index (χ2v) is 12.9. The first kappa shape index (κ1) is 18.5. The summed E-state index contributed by atoms with van der Waals surface area (Å²) in [6, 6.07) is 3.33. The minimum Gasteiger partial charge on any atom is -0.360 e. The summed E-state index contributed by atoms with van der Waals surface area (Å²) in [5.41, 5.74) is 0.586. The first-order valence-corrected chi connectivity index (χ1v) is 12.1. The van der Waals surface area contributed by atoms with Crippen molar-refractivity contribution in [1.29, 1.82) is 0 Å². The Morgan fingerprint density at radius 2 is 1.96 bits per heavy atom. The fraction of sp³-hybridized carbons (Fsp3) is 0.533. The highest BCUT2D eigenvalue weighted by Gasteiger charge is 2.31. The standard InChI is InChI=1S/C15H20BrF3N2OSi/c1-23(2,3)5-4-22-10-21-14-11(8-16)6-13(15(17,18)19)7-12(14)9-20-21/h6-7,9H,4-5,8,10H2,1-3H3. The van der Waals surface area contributed by atoms with Gasteiger partial charge in [-0.15, -0.1) is 0 Å². The monoisotopic (exact) mass is 408 g/mol. The van der Waals surface area contributed by atoms with Gasteiger partial charge in [0, 0.05) is 25.4 Å². The number of rotatable bonds is 6. The Balaban J connectivity index is 2.22. The fourth-order valence-corrected chi connectivity index (χ4v) is 3.40. The molecular weight excluding hydrogens is 389 g/mol. The Morgan fingerprint density at radius 1 is 1.26 bits per heavy atom. The number of alkyl halides is 4. The van der Waals surface area contributed by atoms with Crippen LogP contribution in [0.1, 0.15) is 11.1 Å². The largest absolute Gasteiger partial charge is 0.416 e. The Kier molecular flexibility index (Phi) is 5.58. The zero-order valence-electron chi connectivity index (χ0n) is 13.4. The highest BCUT2D eigenvalue weighted by atomic mass is 79.9. The summed E-state index contributed by atoms with van der Waals surface area (Å²) in [6.07, 6.45) is -2.90. The number of ether oxygens (including phenoxy) is 1. The van der Waals surface area contributed by atoms with Gasteiger partial charge < -0.3 is 4.74 Å². The molecule has 0 aliphatic heterocycles. The Hall–Kier alpha value is -0.863. The molecule has 0 radical (unpaired) electrons. The summed E-state index contributed by atoms with van der Waals surface area (Å²) < 4.78 is 46.1. The van der Waals surface area contributed by atoms with Gasteiger partial charge in [-0.1, -0.05) is 35.6 Å². The summed E-state index contributed by atoms with van der Waals surface area (Å²) in [4.78, 5) is 0. The highest BCUT2D eigenvalue weighted by molar-refractivity contribution is 9.08. The van der Waals surface area contributed by atoms with Gasteiger partial charge >= 0.3 is 6.18 Å². The van der Waals surface area contributed by atoms with E-state index in [0.29, 0.717) is 28.4 Å². The third-order valence-corrected chi connectivity index (χ3v) is 5.80. The van der Waals surface area contributed by atoms with Gasteiger partial charge in [0.1, 0.15) is 6.73 Å². The molecule has 23 heavy (non-hydrogen) atoms. The summed E-state index contributed by atoms with van der Waals surface area (Å²) in [6.45, 7) is 7.69. The van der Waals surface area contributed by atoms with Gasteiger partial charge in [-0.2, -0.15) is 18.3 Å². The van der Waals surface area contributed by atoms with Crippen LogP contribution in [0.2, 0.25) is 25.7 Å². The first-order chi connectivity index (χ1) is 10.6. The van der Waals surface area contributed by atoms with E-state index in [9.17, 15) is 13.2 Å². The zero-order chi connectivity index (χ0) is 17.3. The second-order valence-electron chi connectivity index (χ2n) is 6.70. The number of fused-ring (bicyclic) bond motifs is 1. The van der Waals surface area contributed by atoms with Gasteiger partial charge in [0.05, 0.1) is 17.3 Å². The van der Waals surface area contributed by atoms with Crippen LogP contribution in [0.5, 0.6) is 0 Å². The van der Waals surface area contributed by atoms with E-state index in [2.05, 4.69) is 40.7 Å². The Bertz CT molecular complexity index is 680. The number of aromatic nitrogens is 2. The quantitative estimate of drug-likeness (QED) is 0.370. The number of hydrogen-bond donors (Lipinski definition) is 0. The van der Waals surface area contributed by atoms with Crippen LogP contribution in [0, 0.1) is 0 Å². The van der Waals surface area contributed by atoms with Gasteiger partial charge in [0.25, 0.3) is 0 Å². The van der Waals surface area contributed by atoms with Gasteiger partial charge in [0.15, 0.2) is 0 Å². The maximum atomic E-state index is 12.9. The molecule has 0 unspecified atom stereocenters. The molecule has 3 nitrogen and oxygen atoms in total. The normalized spacial score (nSPS) is 13.0. The van der Waals surface area contributed by atoms with Crippen LogP contribution in [0.4, 0.5) is 13.2 Å². The molecular formula is C15H20BrF3N2OSi. The van der Waals surface area contributed by atoms with Crippen LogP contribution < -0.4 is 0 Å². The van der Waals surface area contributed by atoms with Crippen molar-refractivity contribution in [2.75, 3.05) is 6.61 Å². The van der Waals surface area contributed by atoms with Crippen LogP contribution in [-0.4, -0.2) is 24.5 Å². The molecule has 0 spiro atoms. The summed E-state index contributed by atoms with van der Waals surface area (Å²) in [5.74, 6) is 0. The van der Waals surface area contributed by atoms with Gasteiger partial charge in [-0.25, -0.2) is 4.68 Å². The maximum absolute atomic E-state index is 12.9. The molecule has 0 fully saturated rings. The average molecular weight is 409 g/mol. The maximum Gasteiger partial charge on any atom is 0.416 e. The SMILES string of the molecule is C[Si](C)(C)CCOCn1ncc2cc(C(F)(F)F)cc(CBr)c21. The topological polar surface area (TPSA) is 27.1 Å². The predicted octanol–water partition coefficient (Wildman–Crippen LogP) is 5.26. The molecule has 2 rings (SSSR count). The van der Waals surface area contributed by atoms with Crippen molar-refractivity contribution in [3.8, 4) is 0 Å². The molecule has 1 heterocycles. The van der Waals surface area contributed by atoms with E-state index in [1.54, 1.807) is 4.68 Å². The molecule has 0 amide bonds. The van der Waals surface area contributed by atoms with E-state index < -0.39 is 19.8 Å². The van der Waals surface area contributed by atoms with E-state index in [-0.39, 0.29) is 6.73 Å². The van der Waals surface area contributed by atoms with E-state index >= 15 is 0 Å². The van der Waals surface area contributed by atoms with Crippen LogP contribution in [0.15, 0.2) is 18.3 Å². The third kappa shape index (κ3) is 4.81. The lowest BCUT2D eigenvalue weighted by molar-refractivity contribution is -0.137. The van der Waals surface area contributed by atoms with Crippen LogP contribution in [-0.2, 0) is 23.0 Å². The smallest absolute Gasteiger partial charge is 0.360 e. The molecule has 0 bridgehead atoms. The Labute approximate surface area is 142 Å². The average Bonchev–Trinajstić information content (AvgIpc) is 2.84. The summed E-state index contributed by atoms with van der Waals surface area (Å²) in [7, 11) is -1.17. The van der Waals surface area contributed by atoms with Crippen molar-refractivity contribution >= 4 is 34.9 Å². The minimum atomic E-state index is -4.36. The van der Waals surface area contributed by atoms with E-state index in [0.717, 1.165) is 18.2 Å². The lowest BCUT2D eigenvalue weighted by Crippen LogP contribution is -2.22. The molecule has 0 saturated heterocycles. The molecule has 1 aromatic heterocycles. The molecule has 0 aliphatic carbocycles. The molecule has 128 valence electrons. The van der Waals surface area contributed by atoms with Gasteiger partial charge in [0.2, 0.25) is 0 Å². The van der Waals surface area contributed by atoms with Crippen LogP contribution in [0.25, 0.3) is 10.9 Å². The van der Waals surface area contributed by atoms with Gasteiger partial charge in [-0.05, 0) is 23.7 Å². The van der Waals surface area contributed by atoms with E-state index in [1.165, 1.54) is 6.20 Å². The number of hydrogen-bond acceptors (Lipinski definition) is 2. The molecule has 2 aromatic rings. The zero-order valence-corrected chi connectivity index (χ0v) is 16.0. The molecule has 0 saturated carbocycles. The lowest BCUT2D eigenvalue weighted by Gasteiger charge is -2.16. The highest BCUT2D eigenvalue weighted by Crippen LogP contribution is 2.34. The number of halogens is 4. The van der Waals surface area contributed by atoms with Crippen molar-refractivity contribution < 1.29 is 17.9 Å². The first-order valence-electron chi connectivity index (χ1n) is 7.31. The van der Waals surface area contributed by atoms with Crippen molar-refractivity contribution in [1.82, 2.24) is 9.78 Å². The second kappa shape index (κ2) is 6.94. The number of nitrogens with zero attached hydrogens (tertiary/aromatic N) is 2. The van der Waals surface area contributed by atoms with Crippen molar-refractivity contribution in [3.63, 3.8) is 0 Å². The molecule has 0 atom stereocenters. The minimum absolute atomic E-state index is 0.249. The van der Waals surface area contributed by atoms with Crippen LogP contribution in [0.3, 0.4) is 0 Å². The number of benzene rings is 1. The summed E-state index contributed by atoms with van der Waals surface area (Å²) in [5, 5.41) is 4.98. The van der Waals surface area contributed by atoms with Gasteiger partial charge in [-0.3, -0.25) is 0 Å². The van der Waals surface area contributed by atoms with Crippen molar-refractivity contribution in [2.24, 2.45) is 0 Å². The molecule has 0 aliphatic rings. The lowest BCUT2D eigenvalue weighted by atomic mass is 10.1. The molecule has 1 aromatic carbocycles. The van der Waals surface area contributed by atoms with Crippen LogP contribution >= 0.6 is 15.9 Å². The van der Waals surface area contributed by atoms with Crippen molar-refractivity contribution in [3.05, 3.63) is 29.5 Å². The predicted molar refractivity (Wildman–Crippen MR) is 91.5 cm³/mol. The van der Waals surface area contributed by atoms with Crippen molar-refractivity contribution in [2.45, 2.75) is 43.9 Å². The fourth-order valence-electron chi connectivity index (χ4n) is 2.21.